The summed E-state index contributed by atoms with van der Waals surface area (Å²) in [6, 6.07) is 8.19. The second-order valence-corrected chi connectivity index (χ2v) is 6.22. The van der Waals surface area contributed by atoms with E-state index in [0.29, 0.717) is 30.1 Å². The van der Waals surface area contributed by atoms with Crippen molar-refractivity contribution >= 4 is 5.91 Å². The average Bonchev–Trinajstić information content (AvgIpc) is 2.93. The maximum absolute atomic E-state index is 12.9. The van der Waals surface area contributed by atoms with Crippen LogP contribution in [0.1, 0.15) is 33.4 Å². The number of carbonyl (C=O) groups is 1. The highest BCUT2D eigenvalue weighted by Crippen LogP contribution is 2.27. The molecule has 0 bridgehead atoms. The van der Waals surface area contributed by atoms with Gasteiger partial charge in [0.2, 0.25) is 0 Å². The Morgan fingerprint density at radius 1 is 1.25 bits per heavy atom. The Kier molecular flexibility index (Phi) is 4.57. The number of amides is 1. The first kappa shape index (κ1) is 16.5. The van der Waals surface area contributed by atoms with Gasteiger partial charge < -0.3 is 14.2 Å². The van der Waals surface area contributed by atoms with Gasteiger partial charge in [-0.25, -0.2) is 0 Å². The Morgan fingerprint density at radius 3 is 2.54 bits per heavy atom. The minimum atomic E-state index is -0.00198. The molecule has 1 aromatic carbocycles. The van der Waals surface area contributed by atoms with Gasteiger partial charge in [0.25, 0.3) is 5.91 Å². The van der Waals surface area contributed by atoms with E-state index in [4.69, 9.17) is 9.26 Å². The highest BCUT2D eigenvalue weighted by Gasteiger charge is 2.31. The SMILES string of the molecule is COc1ccc(C2CN(C(=O)c3c(C)noc3C)CCN2C)cc1. The van der Waals surface area contributed by atoms with Gasteiger partial charge in [0.1, 0.15) is 17.1 Å². The molecule has 24 heavy (non-hydrogen) atoms. The van der Waals surface area contributed by atoms with Crippen LogP contribution in [0.2, 0.25) is 0 Å². The average molecular weight is 329 g/mol. The number of aryl methyl sites for hydroxylation is 2. The van der Waals surface area contributed by atoms with Crippen molar-refractivity contribution in [3.8, 4) is 5.75 Å². The van der Waals surface area contributed by atoms with Gasteiger partial charge in [0.15, 0.2) is 0 Å². The van der Waals surface area contributed by atoms with Gasteiger partial charge in [-0.3, -0.25) is 9.69 Å². The third-order valence-electron chi connectivity index (χ3n) is 4.68. The minimum Gasteiger partial charge on any atom is -0.497 e. The molecule has 0 N–H and O–H groups in total. The van der Waals surface area contributed by atoms with Gasteiger partial charge in [-0.2, -0.15) is 0 Å². The van der Waals surface area contributed by atoms with Crippen LogP contribution in [0, 0.1) is 13.8 Å². The number of rotatable bonds is 3. The van der Waals surface area contributed by atoms with E-state index < -0.39 is 0 Å². The Hall–Kier alpha value is -2.34. The number of ether oxygens (including phenoxy) is 1. The van der Waals surface area contributed by atoms with Crippen molar-refractivity contribution in [1.29, 1.82) is 0 Å². The summed E-state index contributed by atoms with van der Waals surface area (Å²) in [5.41, 5.74) is 2.42. The van der Waals surface area contributed by atoms with E-state index in [0.717, 1.165) is 12.3 Å². The van der Waals surface area contributed by atoms with Crippen molar-refractivity contribution in [2.45, 2.75) is 19.9 Å². The van der Waals surface area contributed by atoms with Crippen molar-refractivity contribution < 1.29 is 14.1 Å². The summed E-state index contributed by atoms with van der Waals surface area (Å²) < 4.78 is 10.4. The first-order valence-corrected chi connectivity index (χ1v) is 8.07. The molecular formula is C18H23N3O3. The van der Waals surface area contributed by atoms with Crippen LogP contribution in [-0.2, 0) is 0 Å². The zero-order chi connectivity index (χ0) is 17.3. The fraction of sp³-hybridized carbons (Fsp3) is 0.444. The highest BCUT2D eigenvalue weighted by molar-refractivity contribution is 5.96. The molecule has 0 aliphatic carbocycles. The number of benzene rings is 1. The third kappa shape index (κ3) is 3.01. The van der Waals surface area contributed by atoms with E-state index >= 15 is 0 Å². The number of hydrogen-bond donors (Lipinski definition) is 0. The van der Waals surface area contributed by atoms with Gasteiger partial charge >= 0.3 is 0 Å². The predicted octanol–water partition coefficient (Wildman–Crippen LogP) is 2.43. The zero-order valence-corrected chi connectivity index (χ0v) is 14.6. The van der Waals surface area contributed by atoms with E-state index in [1.165, 1.54) is 5.56 Å². The summed E-state index contributed by atoms with van der Waals surface area (Å²) >= 11 is 0. The second-order valence-electron chi connectivity index (χ2n) is 6.22. The van der Waals surface area contributed by atoms with E-state index in [1.807, 2.05) is 17.0 Å². The lowest BCUT2D eigenvalue weighted by atomic mass is 10.0. The van der Waals surface area contributed by atoms with Crippen molar-refractivity contribution in [3.63, 3.8) is 0 Å². The van der Waals surface area contributed by atoms with Crippen LogP contribution in [0.25, 0.3) is 0 Å². The molecule has 1 fully saturated rings. The molecule has 0 saturated carbocycles. The van der Waals surface area contributed by atoms with Crippen molar-refractivity contribution in [2.24, 2.45) is 0 Å². The number of carbonyl (C=O) groups excluding carboxylic acids is 1. The van der Waals surface area contributed by atoms with Gasteiger partial charge in [0.05, 0.1) is 18.8 Å². The molecule has 1 aromatic heterocycles. The first-order valence-electron chi connectivity index (χ1n) is 8.07. The minimum absolute atomic E-state index is 0.00198. The fourth-order valence-electron chi connectivity index (χ4n) is 3.19. The summed E-state index contributed by atoms with van der Waals surface area (Å²) in [4.78, 5) is 17.0. The van der Waals surface area contributed by atoms with Gasteiger partial charge in [-0.05, 0) is 38.6 Å². The number of likely N-dealkylation sites (N-methyl/N-ethyl adjacent to an activating group) is 1. The Morgan fingerprint density at radius 2 is 1.96 bits per heavy atom. The predicted molar refractivity (Wildman–Crippen MR) is 90.2 cm³/mol. The Labute approximate surface area is 142 Å². The second kappa shape index (κ2) is 6.65. The van der Waals surface area contributed by atoms with Crippen LogP contribution < -0.4 is 4.74 Å². The molecule has 1 amide bonds. The number of methoxy groups -OCH3 is 1. The molecule has 1 aliphatic rings. The normalized spacial score (nSPS) is 18.7. The summed E-state index contributed by atoms with van der Waals surface area (Å²) in [5.74, 6) is 1.41. The van der Waals surface area contributed by atoms with Gasteiger partial charge in [-0.15, -0.1) is 0 Å². The number of aromatic nitrogens is 1. The lowest BCUT2D eigenvalue weighted by molar-refractivity contribution is 0.0544. The largest absolute Gasteiger partial charge is 0.497 e. The number of nitrogens with zero attached hydrogens (tertiary/aromatic N) is 3. The van der Waals surface area contributed by atoms with E-state index in [2.05, 4.69) is 29.2 Å². The molecule has 6 nitrogen and oxygen atoms in total. The maximum Gasteiger partial charge on any atom is 0.259 e. The van der Waals surface area contributed by atoms with Gasteiger partial charge in [0, 0.05) is 19.6 Å². The smallest absolute Gasteiger partial charge is 0.259 e. The molecule has 1 saturated heterocycles. The van der Waals surface area contributed by atoms with Crippen LogP contribution in [-0.4, -0.2) is 54.7 Å². The van der Waals surface area contributed by atoms with E-state index in [1.54, 1.807) is 21.0 Å². The van der Waals surface area contributed by atoms with E-state index in [9.17, 15) is 4.79 Å². The monoisotopic (exact) mass is 329 g/mol. The lowest BCUT2D eigenvalue weighted by Crippen LogP contribution is -2.49. The molecule has 1 unspecified atom stereocenters. The summed E-state index contributed by atoms with van der Waals surface area (Å²) in [5, 5.41) is 3.90. The van der Waals surface area contributed by atoms with Gasteiger partial charge in [-0.1, -0.05) is 17.3 Å². The summed E-state index contributed by atoms with van der Waals surface area (Å²) in [6.07, 6.45) is 0. The third-order valence-corrected chi connectivity index (χ3v) is 4.68. The molecule has 1 atom stereocenters. The lowest BCUT2D eigenvalue weighted by Gasteiger charge is -2.39. The molecule has 2 aromatic rings. The molecule has 1 aliphatic heterocycles. The van der Waals surface area contributed by atoms with Crippen LogP contribution in [0.3, 0.4) is 0 Å². The zero-order valence-electron chi connectivity index (χ0n) is 14.6. The van der Waals surface area contributed by atoms with Crippen LogP contribution in [0.5, 0.6) is 5.75 Å². The Balaban J connectivity index is 1.81. The first-order chi connectivity index (χ1) is 11.5. The summed E-state index contributed by atoms with van der Waals surface area (Å²) in [7, 11) is 3.75. The number of piperazine rings is 1. The highest BCUT2D eigenvalue weighted by atomic mass is 16.5. The van der Waals surface area contributed by atoms with E-state index in [-0.39, 0.29) is 11.9 Å². The molecule has 0 spiro atoms. The van der Waals surface area contributed by atoms with Crippen LogP contribution >= 0.6 is 0 Å². The topological polar surface area (TPSA) is 58.8 Å². The van der Waals surface area contributed by atoms with Crippen molar-refractivity contribution in [3.05, 3.63) is 46.8 Å². The molecule has 0 radical (unpaired) electrons. The fourth-order valence-corrected chi connectivity index (χ4v) is 3.19. The van der Waals surface area contributed by atoms with Crippen molar-refractivity contribution in [1.82, 2.24) is 15.0 Å². The standard InChI is InChI=1S/C18H23N3O3/c1-12-17(13(2)24-19-12)18(22)21-10-9-20(3)16(11-21)14-5-7-15(23-4)8-6-14/h5-8,16H,9-11H2,1-4H3. The maximum atomic E-state index is 12.9. The quantitative estimate of drug-likeness (QED) is 0.865. The molecule has 6 heteroatoms. The molecule has 3 rings (SSSR count). The van der Waals surface area contributed by atoms with Crippen molar-refractivity contribution in [2.75, 3.05) is 33.8 Å². The molecular weight excluding hydrogens is 306 g/mol. The Bertz CT molecular complexity index is 704. The summed E-state index contributed by atoms with van der Waals surface area (Å²) in [6.45, 7) is 5.76. The van der Waals surface area contributed by atoms with Crippen LogP contribution in [0.15, 0.2) is 28.8 Å². The number of hydrogen-bond acceptors (Lipinski definition) is 5. The molecule has 2 heterocycles. The van der Waals surface area contributed by atoms with Crippen LogP contribution in [0.4, 0.5) is 0 Å². The molecule has 128 valence electrons.